The van der Waals surface area contributed by atoms with Crippen molar-refractivity contribution in [2.75, 3.05) is 5.32 Å². The van der Waals surface area contributed by atoms with Crippen LogP contribution in [0.3, 0.4) is 0 Å². The topological polar surface area (TPSA) is 92.5 Å². The number of benzene rings is 1. The van der Waals surface area contributed by atoms with Crippen molar-refractivity contribution < 1.29 is 14.8 Å². The van der Waals surface area contributed by atoms with Gasteiger partial charge in [-0.05, 0) is 56.6 Å². The van der Waals surface area contributed by atoms with Gasteiger partial charge in [0, 0.05) is 27.3 Å². The minimum atomic E-state index is -1.03. The molecule has 0 unspecified atom stereocenters. The van der Waals surface area contributed by atoms with Crippen molar-refractivity contribution in [2.24, 2.45) is 5.41 Å². The number of carboxylic acids is 1. The summed E-state index contributed by atoms with van der Waals surface area (Å²) in [5.41, 5.74) is -0.638. The molecular weight excluding hydrogens is 340 g/mol. The maximum atomic E-state index is 11.4. The molecular formula is C14H19BrN2O4. The highest BCUT2D eigenvalue weighted by atomic mass is 79.9. The minimum Gasteiger partial charge on any atom is -0.481 e. The molecule has 0 aliphatic carbocycles. The highest BCUT2D eigenvalue weighted by molar-refractivity contribution is 9.10. The maximum absolute atomic E-state index is 11.4. The largest absolute Gasteiger partial charge is 0.481 e. The van der Waals surface area contributed by atoms with Crippen molar-refractivity contribution in [3.05, 3.63) is 32.3 Å². The van der Waals surface area contributed by atoms with Gasteiger partial charge in [-0.1, -0.05) is 0 Å². The van der Waals surface area contributed by atoms with Crippen molar-refractivity contribution in [1.29, 1.82) is 0 Å². The minimum absolute atomic E-state index is 0.0164. The van der Waals surface area contributed by atoms with E-state index in [0.29, 0.717) is 15.7 Å². The molecule has 0 heterocycles. The lowest BCUT2D eigenvalue weighted by Gasteiger charge is -2.40. The number of rotatable bonds is 5. The third kappa shape index (κ3) is 3.34. The van der Waals surface area contributed by atoms with Gasteiger partial charge >= 0.3 is 5.97 Å². The molecule has 0 spiro atoms. The van der Waals surface area contributed by atoms with E-state index in [0.717, 1.165) is 0 Å². The zero-order valence-corrected chi connectivity index (χ0v) is 14.2. The van der Waals surface area contributed by atoms with Crippen molar-refractivity contribution >= 4 is 33.3 Å². The normalized spacial score (nSPS) is 12.1. The molecule has 0 radical (unpaired) electrons. The third-order valence-electron chi connectivity index (χ3n) is 4.03. The Bertz CT molecular complexity index is 597. The zero-order chi connectivity index (χ0) is 16.6. The van der Waals surface area contributed by atoms with E-state index in [1.165, 1.54) is 6.07 Å². The van der Waals surface area contributed by atoms with Crippen LogP contribution in [0.5, 0.6) is 0 Å². The van der Waals surface area contributed by atoms with E-state index in [9.17, 15) is 20.0 Å². The average molecular weight is 359 g/mol. The molecule has 0 amide bonds. The van der Waals surface area contributed by atoms with Crippen LogP contribution in [0.25, 0.3) is 0 Å². The van der Waals surface area contributed by atoms with Crippen molar-refractivity contribution in [3.63, 3.8) is 0 Å². The van der Waals surface area contributed by atoms with Gasteiger partial charge < -0.3 is 10.4 Å². The van der Waals surface area contributed by atoms with Crippen LogP contribution in [-0.2, 0) is 4.79 Å². The van der Waals surface area contributed by atoms with Crippen LogP contribution >= 0.6 is 15.9 Å². The third-order valence-corrected chi connectivity index (χ3v) is 4.68. The van der Waals surface area contributed by atoms with Gasteiger partial charge in [-0.3, -0.25) is 14.9 Å². The number of nitrogens with zero attached hydrogens (tertiary/aromatic N) is 1. The maximum Gasteiger partial charge on any atom is 0.311 e. The number of carbonyl (C=O) groups is 1. The monoisotopic (exact) mass is 358 g/mol. The Hall–Kier alpha value is -1.63. The molecule has 116 valence electrons. The lowest BCUT2D eigenvalue weighted by atomic mass is 9.74. The first-order valence-electron chi connectivity index (χ1n) is 6.36. The van der Waals surface area contributed by atoms with E-state index in [-0.39, 0.29) is 5.69 Å². The van der Waals surface area contributed by atoms with E-state index in [1.807, 2.05) is 0 Å². The zero-order valence-electron chi connectivity index (χ0n) is 12.7. The van der Waals surface area contributed by atoms with Crippen LogP contribution in [0.15, 0.2) is 16.6 Å². The van der Waals surface area contributed by atoms with Gasteiger partial charge in [0.05, 0.1) is 10.3 Å². The SMILES string of the molecule is Cc1cc(NC(C)(C)C(C)(C)C(=O)O)c(Br)cc1[N+](=O)[O-]. The van der Waals surface area contributed by atoms with Crippen LogP contribution < -0.4 is 5.32 Å². The fourth-order valence-electron chi connectivity index (χ4n) is 1.72. The lowest BCUT2D eigenvalue weighted by molar-refractivity contribution is -0.385. The molecule has 0 saturated heterocycles. The molecule has 6 nitrogen and oxygen atoms in total. The second-order valence-corrected chi connectivity index (χ2v) is 6.91. The summed E-state index contributed by atoms with van der Waals surface area (Å²) in [4.78, 5) is 21.9. The number of hydrogen-bond donors (Lipinski definition) is 2. The molecule has 1 aromatic carbocycles. The second kappa shape index (κ2) is 5.63. The predicted octanol–water partition coefficient (Wildman–Crippen LogP) is 3.97. The fraction of sp³-hybridized carbons (Fsp3) is 0.500. The van der Waals surface area contributed by atoms with E-state index in [2.05, 4.69) is 21.2 Å². The average Bonchev–Trinajstić information content (AvgIpc) is 2.32. The smallest absolute Gasteiger partial charge is 0.311 e. The van der Waals surface area contributed by atoms with Crippen LogP contribution in [0.2, 0.25) is 0 Å². The molecule has 0 aliphatic heterocycles. The first-order chi connectivity index (χ1) is 9.40. The van der Waals surface area contributed by atoms with Crippen LogP contribution in [0.1, 0.15) is 33.3 Å². The van der Waals surface area contributed by atoms with Crippen molar-refractivity contribution in [2.45, 2.75) is 40.2 Å². The summed E-state index contributed by atoms with van der Waals surface area (Å²) in [7, 11) is 0. The first-order valence-corrected chi connectivity index (χ1v) is 7.15. The molecule has 7 heteroatoms. The van der Waals surface area contributed by atoms with Crippen molar-refractivity contribution in [3.8, 4) is 0 Å². The Morgan fingerprint density at radius 1 is 1.33 bits per heavy atom. The number of nitro groups is 1. The van der Waals surface area contributed by atoms with Crippen molar-refractivity contribution in [1.82, 2.24) is 0 Å². The number of hydrogen-bond acceptors (Lipinski definition) is 4. The van der Waals surface area contributed by atoms with Gasteiger partial charge in [-0.2, -0.15) is 0 Å². The number of nitro benzene ring substituents is 1. The van der Waals surface area contributed by atoms with E-state index in [1.54, 1.807) is 40.7 Å². The quantitative estimate of drug-likeness (QED) is 0.613. The van der Waals surface area contributed by atoms with E-state index < -0.39 is 21.8 Å². The second-order valence-electron chi connectivity index (χ2n) is 6.06. The highest BCUT2D eigenvalue weighted by Gasteiger charge is 2.43. The highest BCUT2D eigenvalue weighted by Crippen LogP contribution is 2.38. The molecule has 2 N–H and O–H groups in total. The van der Waals surface area contributed by atoms with Crippen LogP contribution in [-0.4, -0.2) is 21.5 Å². The summed E-state index contributed by atoms with van der Waals surface area (Å²) in [5, 5.41) is 23.4. The van der Waals surface area contributed by atoms with E-state index in [4.69, 9.17) is 0 Å². The summed E-state index contributed by atoms with van der Waals surface area (Å²) in [6.45, 7) is 8.47. The molecule has 0 atom stereocenters. The molecule has 0 aromatic heterocycles. The molecule has 0 aliphatic rings. The summed E-state index contributed by atoms with van der Waals surface area (Å²) < 4.78 is 0.522. The Balaban J connectivity index is 3.23. The lowest BCUT2D eigenvalue weighted by Crippen LogP contribution is -2.50. The molecule has 0 bridgehead atoms. The van der Waals surface area contributed by atoms with Gasteiger partial charge in [0.25, 0.3) is 5.69 Å². The van der Waals surface area contributed by atoms with E-state index >= 15 is 0 Å². The Morgan fingerprint density at radius 3 is 2.29 bits per heavy atom. The fourth-order valence-corrected chi connectivity index (χ4v) is 2.15. The number of anilines is 1. The summed E-state index contributed by atoms with van der Waals surface area (Å²) >= 11 is 3.29. The first kappa shape index (κ1) is 17.4. The number of halogens is 1. The molecule has 1 rings (SSSR count). The molecule has 1 aromatic rings. The molecule has 21 heavy (non-hydrogen) atoms. The van der Waals surface area contributed by atoms with Gasteiger partial charge in [0.15, 0.2) is 0 Å². The Kier molecular flexibility index (Phi) is 4.67. The summed E-state index contributed by atoms with van der Waals surface area (Å²) in [6, 6.07) is 3.06. The molecule has 0 fully saturated rings. The number of carboxylic acid groups (broad SMARTS) is 1. The van der Waals surface area contributed by atoms with Gasteiger partial charge in [0.1, 0.15) is 0 Å². The van der Waals surface area contributed by atoms with Crippen LogP contribution in [0.4, 0.5) is 11.4 Å². The number of nitrogens with one attached hydrogen (secondary N) is 1. The number of aliphatic carboxylic acids is 1. The summed E-state index contributed by atoms with van der Waals surface area (Å²) in [6.07, 6.45) is 0. The van der Waals surface area contributed by atoms with Gasteiger partial charge in [-0.15, -0.1) is 0 Å². The Labute approximate surface area is 131 Å². The van der Waals surface area contributed by atoms with Gasteiger partial charge in [0.2, 0.25) is 0 Å². The van der Waals surface area contributed by atoms with Gasteiger partial charge in [-0.25, -0.2) is 0 Å². The standard InChI is InChI=1S/C14H19BrN2O4/c1-8-6-10(9(15)7-11(8)17(20)21)16-14(4,5)13(2,3)12(18)19/h6-7,16H,1-5H3,(H,18,19). The predicted molar refractivity (Wildman–Crippen MR) is 84.7 cm³/mol. The Morgan fingerprint density at radius 2 is 1.86 bits per heavy atom. The molecule has 0 saturated carbocycles. The number of aryl methyl sites for hydroxylation is 1. The van der Waals surface area contributed by atoms with Crippen LogP contribution in [0, 0.1) is 22.5 Å². The summed E-state index contributed by atoms with van der Waals surface area (Å²) in [5.74, 6) is -0.922.